The average Bonchev–Trinajstić information content (AvgIpc) is 2.75. The molecule has 9 heteroatoms. The number of nitrogens with zero attached hydrogens (tertiary/aromatic N) is 3. The van der Waals surface area contributed by atoms with Gasteiger partial charge in [-0.15, -0.1) is 0 Å². The molecule has 3 N–H and O–H groups in total. The van der Waals surface area contributed by atoms with Crippen molar-refractivity contribution in [1.29, 1.82) is 0 Å². The predicted molar refractivity (Wildman–Crippen MR) is 75.6 cm³/mol. The van der Waals surface area contributed by atoms with Crippen molar-refractivity contribution in [3.63, 3.8) is 0 Å². The van der Waals surface area contributed by atoms with Gasteiger partial charge in [0.05, 0.1) is 10.7 Å². The van der Waals surface area contributed by atoms with Gasteiger partial charge in [-0.3, -0.25) is 5.10 Å². The predicted octanol–water partition coefficient (Wildman–Crippen LogP) is 2.76. The standard InChI is InChI=1S/C9H6Br2N4O2S/c10-5-1-4(7(16)6(11)8(5)17)2-13-15-3-12-14-9(15)18/h1-3,16-17H,(H,14,18)/b13-2-. The number of nitrogens with one attached hydrogen (secondary N) is 1. The van der Waals surface area contributed by atoms with Crippen LogP contribution in [0.2, 0.25) is 0 Å². The lowest BCUT2D eigenvalue weighted by Gasteiger charge is -2.05. The summed E-state index contributed by atoms with van der Waals surface area (Å²) in [4.78, 5) is 0. The van der Waals surface area contributed by atoms with Crippen molar-refractivity contribution in [2.75, 3.05) is 0 Å². The van der Waals surface area contributed by atoms with E-state index >= 15 is 0 Å². The molecule has 1 aromatic carbocycles. The number of hydrogen-bond acceptors (Lipinski definition) is 5. The van der Waals surface area contributed by atoms with Crippen LogP contribution in [-0.4, -0.2) is 31.3 Å². The molecular formula is C9H6Br2N4O2S. The molecule has 1 heterocycles. The summed E-state index contributed by atoms with van der Waals surface area (Å²) < 4.78 is 2.30. The van der Waals surface area contributed by atoms with Gasteiger partial charge in [0.2, 0.25) is 4.77 Å². The zero-order valence-corrected chi connectivity index (χ0v) is 12.6. The highest BCUT2D eigenvalue weighted by molar-refractivity contribution is 9.11. The third-order valence-electron chi connectivity index (χ3n) is 2.05. The Hall–Kier alpha value is -1.19. The van der Waals surface area contributed by atoms with Crippen molar-refractivity contribution in [2.24, 2.45) is 5.10 Å². The first-order valence-corrected chi connectivity index (χ1v) is 6.56. The maximum atomic E-state index is 9.82. The van der Waals surface area contributed by atoms with Crippen molar-refractivity contribution in [3.8, 4) is 11.5 Å². The molecule has 1 aromatic heterocycles. The minimum atomic E-state index is -0.116. The fourth-order valence-electron chi connectivity index (χ4n) is 1.16. The van der Waals surface area contributed by atoms with Gasteiger partial charge < -0.3 is 10.2 Å². The Labute approximate surface area is 123 Å². The lowest BCUT2D eigenvalue weighted by atomic mass is 10.2. The summed E-state index contributed by atoms with van der Waals surface area (Å²) in [6, 6.07) is 1.53. The maximum Gasteiger partial charge on any atom is 0.216 e. The average molecular weight is 394 g/mol. The van der Waals surface area contributed by atoms with E-state index in [1.807, 2.05) is 0 Å². The Kier molecular flexibility index (Phi) is 3.83. The normalized spacial score (nSPS) is 11.2. The molecular weight excluding hydrogens is 388 g/mol. The number of aromatic hydroxyl groups is 2. The molecule has 0 aliphatic heterocycles. The van der Waals surface area contributed by atoms with Crippen LogP contribution in [0.15, 0.2) is 26.4 Å². The van der Waals surface area contributed by atoms with E-state index in [1.165, 1.54) is 23.3 Å². The quantitative estimate of drug-likeness (QED) is 0.540. The van der Waals surface area contributed by atoms with Crippen LogP contribution in [0.1, 0.15) is 5.56 Å². The zero-order chi connectivity index (χ0) is 13.3. The maximum absolute atomic E-state index is 9.82. The highest BCUT2D eigenvalue weighted by atomic mass is 79.9. The molecule has 0 spiro atoms. The molecule has 0 aliphatic rings. The Bertz CT molecular complexity index is 680. The second-order valence-electron chi connectivity index (χ2n) is 3.21. The molecule has 0 radical (unpaired) electrons. The lowest BCUT2D eigenvalue weighted by molar-refractivity contribution is 0.441. The summed E-state index contributed by atoms with van der Waals surface area (Å²) in [6.45, 7) is 0. The van der Waals surface area contributed by atoms with Crippen molar-refractivity contribution < 1.29 is 10.2 Å². The Morgan fingerprint density at radius 3 is 2.72 bits per heavy atom. The molecule has 0 saturated carbocycles. The van der Waals surface area contributed by atoms with E-state index < -0.39 is 0 Å². The van der Waals surface area contributed by atoms with E-state index in [1.54, 1.807) is 0 Å². The number of aromatic amines is 1. The second kappa shape index (κ2) is 5.21. The van der Waals surface area contributed by atoms with Gasteiger partial charge >= 0.3 is 0 Å². The van der Waals surface area contributed by atoms with Crippen molar-refractivity contribution in [3.05, 3.63) is 31.7 Å². The molecule has 0 aliphatic carbocycles. The van der Waals surface area contributed by atoms with E-state index in [9.17, 15) is 10.2 Å². The molecule has 6 nitrogen and oxygen atoms in total. The first kappa shape index (κ1) is 13.2. The van der Waals surface area contributed by atoms with Crippen molar-refractivity contribution in [1.82, 2.24) is 14.9 Å². The van der Waals surface area contributed by atoms with Gasteiger partial charge in [0.1, 0.15) is 22.3 Å². The molecule has 0 saturated heterocycles. The van der Waals surface area contributed by atoms with Crippen molar-refractivity contribution >= 4 is 50.3 Å². The fraction of sp³-hybridized carbons (Fsp3) is 0. The lowest BCUT2D eigenvalue weighted by Crippen LogP contribution is -1.91. The van der Waals surface area contributed by atoms with E-state index in [-0.39, 0.29) is 16.0 Å². The Morgan fingerprint density at radius 1 is 1.39 bits per heavy atom. The third-order valence-corrected chi connectivity index (χ3v) is 3.69. The second-order valence-corrected chi connectivity index (χ2v) is 5.24. The minimum Gasteiger partial charge on any atom is -0.506 e. The number of benzene rings is 1. The third kappa shape index (κ3) is 2.47. The Balaban J connectivity index is 2.45. The van der Waals surface area contributed by atoms with Gasteiger partial charge in [-0.1, -0.05) is 0 Å². The van der Waals surface area contributed by atoms with Gasteiger partial charge in [0, 0.05) is 5.56 Å². The first-order valence-electron chi connectivity index (χ1n) is 4.57. The van der Waals surface area contributed by atoms with Gasteiger partial charge in [-0.2, -0.15) is 14.9 Å². The summed E-state index contributed by atoms with van der Waals surface area (Å²) >= 11 is 11.2. The molecule has 0 fully saturated rings. The number of H-pyrrole nitrogens is 1. The molecule has 18 heavy (non-hydrogen) atoms. The zero-order valence-electron chi connectivity index (χ0n) is 8.63. The summed E-state index contributed by atoms with van der Waals surface area (Å²) in [6.07, 6.45) is 2.80. The van der Waals surface area contributed by atoms with Crippen LogP contribution < -0.4 is 0 Å². The van der Waals surface area contributed by atoms with Crippen LogP contribution in [0.3, 0.4) is 0 Å². The van der Waals surface area contributed by atoms with Crippen LogP contribution in [-0.2, 0) is 0 Å². The molecule has 0 amide bonds. The summed E-state index contributed by atoms with van der Waals surface area (Å²) in [5.74, 6) is -0.195. The smallest absolute Gasteiger partial charge is 0.216 e. The summed E-state index contributed by atoms with van der Waals surface area (Å²) in [5, 5.41) is 29.7. The van der Waals surface area contributed by atoms with Gasteiger partial charge in [0.15, 0.2) is 0 Å². The van der Waals surface area contributed by atoms with E-state index in [2.05, 4.69) is 47.2 Å². The van der Waals surface area contributed by atoms with Crippen molar-refractivity contribution in [2.45, 2.75) is 0 Å². The van der Waals surface area contributed by atoms with Crippen LogP contribution in [0.5, 0.6) is 11.5 Å². The SMILES string of the molecule is Oc1c(Br)cc(/C=N\n2cn[nH]c2=S)c(O)c1Br. The summed E-state index contributed by atoms with van der Waals surface area (Å²) in [5.41, 5.74) is 0.412. The molecule has 2 rings (SSSR count). The molecule has 0 unspecified atom stereocenters. The number of hydrogen-bond donors (Lipinski definition) is 3. The van der Waals surface area contributed by atoms with Crippen LogP contribution >= 0.6 is 44.1 Å². The van der Waals surface area contributed by atoms with Crippen LogP contribution in [0, 0.1) is 4.77 Å². The van der Waals surface area contributed by atoms with E-state index in [0.29, 0.717) is 14.8 Å². The molecule has 94 valence electrons. The number of aromatic nitrogens is 3. The number of rotatable bonds is 2. The van der Waals surface area contributed by atoms with Crippen LogP contribution in [0.4, 0.5) is 0 Å². The van der Waals surface area contributed by atoms with Gasteiger partial charge in [0.25, 0.3) is 0 Å². The minimum absolute atomic E-state index is 0.0791. The van der Waals surface area contributed by atoms with E-state index in [4.69, 9.17) is 12.2 Å². The first-order chi connectivity index (χ1) is 8.50. The number of halogens is 2. The number of phenolic OH excluding ortho intramolecular Hbond substituents is 2. The topological polar surface area (TPSA) is 86.4 Å². The number of phenols is 2. The highest BCUT2D eigenvalue weighted by Crippen LogP contribution is 2.40. The molecule has 2 aromatic rings. The van der Waals surface area contributed by atoms with Gasteiger partial charge in [-0.05, 0) is 50.1 Å². The van der Waals surface area contributed by atoms with Gasteiger partial charge in [-0.25, -0.2) is 0 Å². The molecule has 0 bridgehead atoms. The van der Waals surface area contributed by atoms with E-state index in [0.717, 1.165) is 0 Å². The monoisotopic (exact) mass is 392 g/mol. The Morgan fingerprint density at radius 2 is 2.11 bits per heavy atom. The summed E-state index contributed by atoms with van der Waals surface area (Å²) in [7, 11) is 0. The highest BCUT2D eigenvalue weighted by Gasteiger charge is 2.12. The largest absolute Gasteiger partial charge is 0.506 e. The van der Waals surface area contributed by atoms with Crippen LogP contribution in [0.25, 0.3) is 0 Å². The molecule has 0 atom stereocenters. The fourth-order valence-corrected chi connectivity index (χ4v) is 2.46.